The van der Waals surface area contributed by atoms with Gasteiger partial charge in [0.2, 0.25) is 5.91 Å². The highest BCUT2D eigenvalue weighted by molar-refractivity contribution is 6.24. The number of hydrogen-bond acceptors (Lipinski definition) is 4. The van der Waals surface area contributed by atoms with E-state index in [4.69, 9.17) is 0 Å². The van der Waals surface area contributed by atoms with E-state index in [2.05, 4.69) is 48.1 Å². The Morgan fingerprint density at radius 3 is 2.14 bits per heavy atom. The number of aryl methyl sites for hydroxylation is 2. The van der Waals surface area contributed by atoms with E-state index in [9.17, 15) is 9.59 Å². The molecule has 3 fully saturated rings. The van der Waals surface area contributed by atoms with Crippen molar-refractivity contribution < 1.29 is 9.59 Å². The summed E-state index contributed by atoms with van der Waals surface area (Å²) in [6, 6.07) is 15.8. The van der Waals surface area contributed by atoms with Crippen molar-refractivity contribution in [2.45, 2.75) is 38.8 Å². The van der Waals surface area contributed by atoms with Crippen molar-refractivity contribution in [1.29, 1.82) is 0 Å². The van der Waals surface area contributed by atoms with Crippen LogP contribution >= 0.6 is 0 Å². The molecule has 5 heteroatoms. The minimum absolute atomic E-state index is 0.0653. The Balaban J connectivity index is 1.55. The predicted molar refractivity (Wildman–Crippen MR) is 108 cm³/mol. The third-order valence-electron chi connectivity index (χ3n) is 6.43. The van der Waals surface area contributed by atoms with Crippen LogP contribution in [0.3, 0.4) is 0 Å². The van der Waals surface area contributed by atoms with Crippen LogP contribution in [0.2, 0.25) is 0 Å². The summed E-state index contributed by atoms with van der Waals surface area (Å²) in [7, 11) is 0. The molecule has 144 valence electrons. The molecule has 3 aliphatic rings. The van der Waals surface area contributed by atoms with Crippen molar-refractivity contribution >= 4 is 17.5 Å². The molecule has 0 saturated carbocycles. The number of imide groups is 1. The zero-order valence-corrected chi connectivity index (χ0v) is 16.3. The van der Waals surface area contributed by atoms with Gasteiger partial charge in [-0.05, 0) is 43.0 Å². The van der Waals surface area contributed by atoms with Gasteiger partial charge in [0, 0.05) is 13.1 Å². The van der Waals surface area contributed by atoms with Crippen LogP contribution in [-0.2, 0) is 16.0 Å². The van der Waals surface area contributed by atoms with Gasteiger partial charge in [0.05, 0.1) is 17.6 Å². The highest BCUT2D eigenvalue weighted by Gasteiger charge is 2.62. The molecule has 0 radical (unpaired) electrons. The number of rotatable bonds is 3. The second kappa shape index (κ2) is 6.54. The predicted octanol–water partition coefficient (Wildman–Crippen LogP) is 3.09. The number of fused-ring (bicyclic) bond motifs is 3. The summed E-state index contributed by atoms with van der Waals surface area (Å²) in [6.07, 6.45) is 1.96. The van der Waals surface area contributed by atoms with E-state index >= 15 is 0 Å². The first-order valence-electron chi connectivity index (χ1n) is 10.2. The molecule has 5 rings (SSSR count). The van der Waals surface area contributed by atoms with Gasteiger partial charge in [0.1, 0.15) is 6.04 Å². The zero-order chi connectivity index (χ0) is 19.4. The molecule has 3 atom stereocenters. The molecular weight excluding hydrogens is 350 g/mol. The normalized spacial score (nSPS) is 27.5. The van der Waals surface area contributed by atoms with Gasteiger partial charge >= 0.3 is 0 Å². The summed E-state index contributed by atoms with van der Waals surface area (Å²) in [4.78, 5) is 28.3. The summed E-state index contributed by atoms with van der Waals surface area (Å²) in [6.45, 7) is 5.90. The van der Waals surface area contributed by atoms with Gasteiger partial charge in [-0.1, -0.05) is 48.9 Å². The number of hydrogen-bond donors (Lipinski definition) is 0. The standard InChI is InChI=1S/C23H25N3O2/c1-3-16-7-11-18(12-8-16)26-22(27)19-20(17-9-5-15(2)6-10-17)24-13-4-14-25(24)21(19)23(26)28/h5-12,19-21H,3-4,13-14H2,1-2H3/t19-,20-,21+/m0/s1. The Kier molecular flexibility index (Phi) is 4.11. The fourth-order valence-electron chi connectivity index (χ4n) is 5.01. The van der Waals surface area contributed by atoms with E-state index in [1.807, 2.05) is 24.3 Å². The lowest BCUT2D eigenvalue weighted by Gasteiger charge is -2.29. The molecule has 28 heavy (non-hydrogen) atoms. The number of amides is 2. The number of hydrazine groups is 1. The van der Waals surface area contributed by atoms with E-state index in [1.54, 1.807) is 0 Å². The molecule has 3 saturated heterocycles. The van der Waals surface area contributed by atoms with Gasteiger partial charge in [0.25, 0.3) is 5.91 Å². The molecule has 2 amide bonds. The zero-order valence-electron chi connectivity index (χ0n) is 16.3. The Labute approximate surface area is 165 Å². The first kappa shape index (κ1) is 17.6. The Morgan fingerprint density at radius 2 is 1.50 bits per heavy atom. The van der Waals surface area contributed by atoms with Crippen molar-refractivity contribution in [2.24, 2.45) is 5.92 Å². The van der Waals surface area contributed by atoms with Gasteiger partial charge in [-0.25, -0.2) is 14.9 Å². The highest BCUT2D eigenvalue weighted by atomic mass is 16.2. The van der Waals surface area contributed by atoms with Gasteiger partial charge in [-0.3, -0.25) is 9.59 Å². The third-order valence-corrected chi connectivity index (χ3v) is 6.43. The number of nitrogens with zero attached hydrogens (tertiary/aromatic N) is 3. The largest absolute Gasteiger partial charge is 0.274 e. The topological polar surface area (TPSA) is 43.9 Å². The van der Waals surface area contributed by atoms with Crippen LogP contribution in [0.5, 0.6) is 0 Å². The highest BCUT2D eigenvalue weighted by Crippen LogP contribution is 2.48. The van der Waals surface area contributed by atoms with Crippen LogP contribution in [0.25, 0.3) is 0 Å². The molecule has 0 bridgehead atoms. The second-order valence-corrected chi connectivity index (χ2v) is 8.04. The minimum Gasteiger partial charge on any atom is -0.274 e. The molecule has 0 unspecified atom stereocenters. The maximum atomic E-state index is 13.5. The van der Waals surface area contributed by atoms with Crippen molar-refractivity contribution in [2.75, 3.05) is 18.0 Å². The first-order chi connectivity index (χ1) is 13.6. The van der Waals surface area contributed by atoms with Crippen LogP contribution in [0, 0.1) is 12.8 Å². The van der Waals surface area contributed by atoms with E-state index in [0.29, 0.717) is 5.69 Å². The molecular formula is C23H25N3O2. The second-order valence-electron chi connectivity index (χ2n) is 8.04. The molecule has 0 aliphatic carbocycles. The summed E-state index contributed by atoms with van der Waals surface area (Å²) in [5.41, 5.74) is 4.21. The SMILES string of the molecule is CCc1ccc(N2C(=O)[C@@H]3[C@H](C2=O)N2CCCN2[C@H]3c2ccc(C)cc2)cc1. The van der Waals surface area contributed by atoms with E-state index < -0.39 is 0 Å². The Bertz CT molecular complexity index is 922. The quantitative estimate of drug-likeness (QED) is 0.774. The third kappa shape index (κ3) is 2.46. The fraction of sp³-hybridized carbons (Fsp3) is 0.391. The minimum atomic E-state index is -0.382. The molecule has 2 aromatic carbocycles. The van der Waals surface area contributed by atoms with Crippen LogP contribution in [0.15, 0.2) is 48.5 Å². The summed E-state index contributed by atoms with van der Waals surface area (Å²) >= 11 is 0. The summed E-state index contributed by atoms with van der Waals surface area (Å²) in [5.74, 6) is -0.499. The maximum Gasteiger partial charge on any atom is 0.253 e. The molecule has 0 aromatic heterocycles. The van der Waals surface area contributed by atoms with Crippen molar-refractivity contribution in [3.63, 3.8) is 0 Å². The van der Waals surface area contributed by atoms with Gasteiger partial charge in [-0.15, -0.1) is 0 Å². The first-order valence-corrected chi connectivity index (χ1v) is 10.2. The lowest BCUT2D eigenvalue weighted by Crippen LogP contribution is -2.44. The Hall–Kier alpha value is -2.50. The number of carbonyl (C=O) groups excluding carboxylic acids is 2. The summed E-state index contributed by atoms with van der Waals surface area (Å²) < 4.78 is 0. The molecule has 3 heterocycles. The molecule has 5 nitrogen and oxygen atoms in total. The number of anilines is 1. The Morgan fingerprint density at radius 1 is 0.857 bits per heavy atom. The van der Waals surface area contributed by atoms with Crippen molar-refractivity contribution in [1.82, 2.24) is 10.0 Å². The number of carbonyl (C=O) groups is 2. The van der Waals surface area contributed by atoms with Crippen LogP contribution in [0.4, 0.5) is 5.69 Å². The van der Waals surface area contributed by atoms with E-state index in [1.165, 1.54) is 16.0 Å². The van der Waals surface area contributed by atoms with Gasteiger partial charge in [-0.2, -0.15) is 0 Å². The lowest BCUT2D eigenvalue weighted by atomic mass is 9.89. The van der Waals surface area contributed by atoms with Crippen LogP contribution in [-0.4, -0.2) is 41.0 Å². The smallest absolute Gasteiger partial charge is 0.253 e. The summed E-state index contributed by atoms with van der Waals surface area (Å²) in [5, 5.41) is 4.41. The van der Waals surface area contributed by atoms with Crippen LogP contribution in [0.1, 0.15) is 36.1 Å². The van der Waals surface area contributed by atoms with Crippen molar-refractivity contribution in [3.05, 3.63) is 65.2 Å². The van der Waals surface area contributed by atoms with E-state index in [-0.39, 0.29) is 29.8 Å². The maximum absolute atomic E-state index is 13.5. The average Bonchev–Trinajstić information content (AvgIpc) is 3.35. The van der Waals surface area contributed by atoms with Gasteiger partial charge < -0.3 is 0 Å². The van der Waals surface area contributed by atoms with Crippen LogP contribution < -0.4 is 4.90 Å². The molecule has 2 aromatic rings. The average molecular weight is 375 g/mol. The molecule has 0 spiro atoms. The molecule has 3 aliphatic heterocycles. The van der Waals surface area contributed by atoms with E-state index in [0.717, 1.165) is 31.5 Å². The van der Waals surface area contributed by atoms with Crippen molar-refractivity contribution in [3.8, 4) is 0 Å². The molecule has 0 N–H and O–H groups in total. The fourth-order valence-corrected chi connectivity index (χ4v) is 5.01. The van der Waals surface area contributed by atoms with Gasteiger partial charge in [0.15, 0.2) is 0 Å². The number of benzene rings is 2. The lowest BCUT2D eigenvalue weighted by molar-refractivity contribution is -0.126. The monoisotopic (exact) mass is 375 g/mol.